The molecule has 0 saturated carbocycles. The Bertz CT molecular complexity index is 575. The standard InChI is InChI=1S/C17H19NO2S.C2H6/c1-2-21-15-10-6-9-14(11-15)20-17(16(19)12-18)13-7-4-3-5-8-13;1-2/h2-11,16-17,19H,1,12,18H2;1-2H3. The van der Waals surface area contributed by atoms with Crippen molar-refractivity contribution in [3.63, 3.8) is 0 Å². The Hall–Kier alpha value is -1.75. The lowest BCUT2D eigenvalue weighted by molar-refractivity contribution is 0.0412. The first-order valence-corrected chi connectivity index (χ1v) is 8.60. The normalized spacial score (nSPS) is 12.5. The molecule has 0 radical (unpaired) electrons. The summed E-state index contributed by atoms with van der Waals surface area (Å²) in [6.07, 6.45) is -1.25. The van der Waals surface area contributed by atoms with E-state index in [1.807, 2.05) is 68.4 Å². The van der Waals surface area contributed by atoms with Crippen LogP contribution in [0, 0.1) is 0 Å². The van der Waals surface area contributed by atoms with Gasteiger partial charge in [0.15, 0.2) is 6.10 Å². The summed E-state index contributed by atoms with van der Waals surface area (Å²) in [6.45, 7) is 7.84. The second-order valence-electron chi connectivity index (χ2n) is 4.51. The minimum atomic E-state index is -0.761. The summed E-state index contributed by atoms with van der Waals surface area (Å²) in [4.78, 5) is 1.04. The Balaban J connectivity index is 0.00000127. The third-order valence-electron chi connectivity index (χ3n) is 3.01. The zero-order chi connectivity index (χ0) is 17.1. The third-order valence-corrected chi connectivity index (χ3v) is 3.70. The van der Waals surface area contributed by atoms with Gasteiger partial charge in [-0.15, -0.1) is 0 Å². The van der Waals surface area contributed by atoms with E-state index in [1.165, 1.54) is 11.8 Å². The number of hydrogen-bond acceptors (Lipinski definition) is 4. The molecule has 0 aromatic heterocycles. The first kappa shape index (κ1) is 19.3. The fourth-order valence-corrected chi connectivity index (χ4v) is 2.53. The predicted molar refractivity (Wildman–Crippen MR) is 98.7 cm³/mol. The maximum atomic E-state index is 10.1. The van der Waals surface area contributed by atoms with Crippen molar-refractivity contribution >= 4 is 11.8 Å². The molecule has 0 aliphatic carbocycles. The molecule has 3 nitrogen and oxygen atoms in total. The Morgan fingerprint density at radius 1 is 1.17 bits per heavy atom. The van der Waals surface area contributed by atoms with Crippen molar-refractivity contribution < 1.29 is 9.84 Å². The van der Waals surface area contributed by atoms with Gasteiger partial charge in [-0.3, -0.25) is 0 Å². The van der Waals surface area contributed by atoms with Crippen molar-refractivity contribution in [2.24, 2.45) is 5.73 Å². The van der Waals surface area contributed by atoms with Gasteiger partial charge in [0.25, 0.3) is 0 Å². The Kier molecular flexibility index (Phi) is 9.14. The second-order valence-corrected chi connectivity index (χ2v) is 5.55. The predicted octanol–water partition coefficient (Wildman–Crippen LogP) is 4.39. The van der Waals surface area contributed by atoms with E-state index >= 15 is 0 Å². The molecule has 0 fully saturated rings. The molecule has 2 unspecified atom stereocenters. The van der Waals surface area contributed by atoms with Gasteiger partial charge in [-0.2, -0.15) is 0 Å². The molecule has 3 N–H and O–H groups in total. The number of hydrogen-bond donors (Lipinski definition) is 2. The van der Waals surface area contributed by atoms with Crippen LogP contribution in [0.1, 0.15) is 25.5 Å². The van der Waals surface area contributed by atoms with Crippen LogP contribution < -0.4 is 10.5 Å². The molecular weight excluding hydrogens is 306 g/mol. The van der Waals surface area contributed by atoms with Crippen molar-refractivity contribution in [3.8, 4) is 5.75 Å². The minimum absolute atomic E-state index is 0.140. The lowest BCUT2D eigenvalue weighted by Gasteiger charge is -2.24. The number of thioether (sulfide) groups is 1. The monoisotopic (exact) mass is 331 g/mol. The zero-order valence-corrected chi connectivity index (χ0v) is 14.5. The Morgan fingerprint density at radius 3 is 2.48 bits per heavy atom. The van der Waals surface area contributed by atoms with Crippen LogP contribution >= 0.6 is 11.8 Å². The van der Waals surface area contributed by atoms with Crippen LogP contribution in [0.3, 0.4) is 0 Å². The van der Waals surface area contributed by atoms with Gasteiger partial charge in [0.1, 0.15) is 11.9 Å². The molecule has 0 bridgehead atoms. The second kappa shape index (κ2) is 10.9. The largest absolute Gasteiger partial charge is 0.483 e. The van der Waals surface area contributed by atoms with Crippen LogP contribution in [-0.4, -0.2) is 17.8 Å². The quantitative estimate of drug-likeness (QED) is 0.739. The van der Waals surface area contributed by atoms with Gasteiger partial charge >= 0.3 is 0 Å². The van der Waals surface area contributed by atoms with Crippen molar-refractivity contribution in [2.45, 2.75) is 31.0 Å². The van der Waals surface area contributed by atoms with Crippen molar-refractivity contribution in [1.82, 2.24) is 0 Å². The molecule has 124 valence electrons. The summed E-state index contributed by atoms with van der Waals surface area (Å²) in [5.41, 5.74) is 6.49. The van der Waals surface area contributed by atoms with E-state index < -0.39 is 12.2 Å². The van der Waals surface area contributed by atoms with Crippen molar-refractivity contribution in [2.75, 3.05) is 6.54 Å². The molecule has 0 amide bonds. The van der Waals surface area contributed by atoms with Gasteiger partial charge in [-0.1, -0.05) is 68.6 Å². The summed E-state index contributed by atoms with van der Waals surface area (Å²) in [5, 5.41) is 11.9. The van der Waals surface area contributed by atoms with E-state index in [4.69, 9.17) is 10.5 Å². The van der Waals surface area contributed by atoms with Gasteiger partial charge in [0.05, 0.1) is 0 Å². The first-order chi connectivity index (χ1) is 11.2. The summed E-state index contributed by atoms with van der Waals surface area (Å²) in [6, 6.07) is 17.3. The lowest BCUT2D eigenvalue weighted by Crippen LogP contribution is -2.30. The molecule has 4 heteroatoms. The summed E-state index contributed by atoms with van der Waals surface area (Å²) < 4.78 is 5.96. The molecule has 2 aromatic rings. The highest BCUT2D eigenvalue weighted by Gasteiger charge is 2.21. The molecule has 0 aliphatic heterocycles. The smallest absolute Gasteiger partial charge is 0.151 e. The summed E-state index contributed by atoms with van der Waals surface area (Å²) >= 11 is 1.52. The first-order valence-electron chi connectivity index (χ1n) is 7.72. The Morgan fingerprint density at radius 2 is 1.87 bits per heavy atom. The average molecular weight is 331 g/mol. The number of benzene rings is 2. The third kappa shape index (κ3) is 6.10. The van der Waals surface area contributed by atoms with Gasteiger partial charge < -0.3 is 15.6 Å². The van der Waals surface area contributed by atoms with Crippen LogP contribution in [0.2, 0.25) is 0 Å². The Labute approximate surface area is 143 Å². The number of ether oxygens (including phenoxy) is 1. The molecular formula is C19H25NO2S. The summed E-state index contributed by atoms with van der Waals surface area (Å²) in [7, 11) is 0. The topological polar surface area (TPSA) is 55.5 Å². The highest BCUT2D eigenvalue weighted by atomic mass is 32.2. The molecule has 0 heterocycles. The molecule has 0 saturated heterocycles. The van der Waals surface area contributed by atoms with Crippen LogP contribution in [0.4, 0.5) is 0 Å². The average Bonchev–Trinajstić information content (AvgIpc) is 2.62. The van der Waals surface area contributed by atoms with Gasteiger partial charge in [0.2, 0.25) is 0 Å². The number of rotatable bonds is 7. The van der Waals surface area contributed by atoms with Gasteiger partial charge in [-0.25, -0.2) is 0 Å². The van der Waals surface area contributed by atoms with Crippen molar-refractivity contribution in [3.05, 3.63) is 72.1 Å². The SMILES string of the molecule is C=CSc1cccc(OC(c2ccccc2)C(O)CN)c1.CC. The zero-order valence-electron chi connectivity index (χ0n) is 13.7. The highest BCUT2D eigenvalue weighted by molar-refractivity contribution is 8.02. The number of aliphatic hydroxyl groups excluding tert-OH is 1. The van der Waals surface area contributed by atoms with E-state index in [9.17, 15) is 5.11 Å². The van der Waals surface area contributed by atoms with Crippen LogP contribution in [-0.2, 0) is 0 Å². The van der Waals surface area contributed by atoms with E-state index in [1.54, 1.807) is 5.41 Å². The van der Waals surface area contributed by atoms with E-state index in [-0.39, 0.29) is 6.54 Å². The number of nitrogens with two attached hydrogens (primary N) is 1. The van der Waals surface area contributed by atoms with Gasteiger partial charge in [0, 0.05) is 11.4 Å². The van der Waals surface area contributed by atoms with Crippen LogP contribution in [0.5, 0.6) is 5.75 Å². The molecule has 23 heavy (non-hydrogen) atoms. The van der Waals surface area contributed by atoms with Crippen LogP contribution in [0.15, 0.2) is 71.5 Å². The maximum Gasteiger partial charge on any atom is 0.151 e. The molecule has 0 spiro atoms. The fraction of sp³-hybridized carbons (Fsp3) is 0.263. The summed E-state index contributed by atoms with van der Waals surface area (Å²) in [5.74, 6) is 0.697. The van der Waals surface area contributed by atoms with Gasteiger partial charge in [-0.05, 0) is 29.2 Å². The molecule has 0 aliphatic rings. The maximum absolute atomic E-state index is 10.1. The number of aliphatic hydroxyl groups is 1. The van der Waals surface area contributed by atoms with E-state index in [0.29, 0.717) is 5.75 Å². The van der Waals surface area contributed by atoms with E-state index in [2.05, 4.69) is 6.58 Å². The lowest BCUT2D eigenvalue weighted by atomic mass is 10.0. The van der Waals surface area contributed by atoms with E-state index in [0.717, 1.165) is 10.5 Å². The van der Waals surface area contributed by atoms with Crippen molar-refractivity contribution in [1.29, 1.82) is 0 Å². The molecule has 2 atom stereocenters. The fourth-order valence-electron chi connectivity index (χ4n) is 2.00. The minimum Gasteiger partial charge on any atom is -0.483 e. The van der Waals surface area contributed by atoms with Crippen LogP contribution in [0.25, 0.3) is 0 Å². The molecule has 2 aromatic carbocycles. The highest BCUT2D eigenvalue weighted by Crippen LogP contribution is 2.28. The molecule has 2 rings (SSSR count).